The molecular weight excluding hydrogens is 620 g/mol. The molecule has 1 aliphatic carbocycles. The summed E-state index contributed by atoms with van der Waals surface area (Å²) in [7, 11) is 0. The Morgan fingerprint density at radius 2 is 1.68 bits per heavy atom. The van der Waals surface area contributed by atoms with Gasteiger partial charge >= 0.3 is 6.09 Å². The number of halogens is 1. The van der Waals surface area contributed by atoms with Gasteiger partial charge in [0.1, 0.15) is 11.6 Å². The molecule has 1 atom stereocenters. The summed E-state index contributed by atoms with van der Waals surface area (Å²) in [6.07, 6.45) is 6.04. The number of aromatic nitrogens is 5. The molecular formula is C34H39ClN8O4. The molecule has 0 bridgehead atoms. The second-order valence-electron chi connectivity index (χ2n) is 12.7. The Hall–Kier alpha value is -4.84. The molecule has 1 saturated carbocycles. The second kappa shape index (κ2) is 15.2. The van der Waals surface area contributed by atoms with Crippen LogP contribution in [0.15, 0.2) is 67.0 Å². The van der Waals surface area contributed by atoms with Gasteiger partial charge in [-0.25, -0.2) is 4.79 Å². The average molecular weight is 659 g/mol. The van der Waals surface area contributed by atoms with Crippen LogP contribution in [-0.2, 0) is 20.7 Å². The van der Waals surface area contributed by atoms with Crippen molar-refractivity contribution in [2.45, 2.75) is 64.5 Å². The van der Waals surface area contributed by atoms with Gasteiger partial charge < -0.3 is 20.7 Å². The van der Waals surface area contributed by atoms with E-state index in [2.05, 4.69) is 41.6 Å². The fourth-order valence-electron chi connectivity index (χ4n) is 5.55. The molecule has 2 aromatic carbocycles. The van der Waals surface area contributed by atoms with Gasteiger partial charge in [-0.15, -0.1) is 10.2 Å². The molecule has 0 aliphatic heterocycles. The molecule has 1 unspecified atom stereocenters. The minimum absolute atomic E-state index is 0.156. The predicted octanol–water partition coefficient (Wildman–Crippen LogP) is 5.58. The smallest absolute Gasteiger partial charge is 0.407 e. The van der Waals surface area contributed by atoms with Crippen LogP contribution in [0.5, 0.6) is 0 Å². The number of ether oxygens (including phenoxy) is 1. The van der Waals surface area contributed by atoms with Crippen molar-refractivity contribution < 1.29 is 19.1 Å². The molecule has 1 fully saturated rings. The summed E-state index contributed by atoms with van der Waals surface area (Å²) in [5.74, 6) is -0.0135. The standard InChI is InChI=1S/C34H39ClN8O4/c1-34(2,3)47-33(46)37-19-22-6-10-25(11-7-22)31(44)39-29(18-21-4-8-23(9-5-21)27-16-17-36-20-28(27)35)32(45)38-26-14-12-24(13-15-26)30-40-42-43-41-30/h4-5,8-9,12-17,20,22,25,29H,6-7,10-11,18-19H2,1-3H3,(H,37,46)(H,38,45)(H,39,44)(H,40,41,42,43). The summed E-state index contributed by atoms with van der Waals surface area (Å²) in [5, 5.41) is 23.3. The fourth-order valence-corrected chi connectivity index (χ4v) is 5.78. The van der Waals surface area contributed by atoms with Crippen LogP contribution in [0, 0.1) is 11.8 Å². The van der Waals surface area contributed by atoms with Crippen molar-refractivity contribution in [3.8, 4) is 22.5 Å². The first kappa shape index (κ1) is 33.5. The van der Waals surface area contributed by atoms with Crippen molar-refractivity contribution in [1.82, 2.24) is 36.2 Å². The number of nitrogens with zero attached hydrogens (tertiary/aromatic N) is 4. The maximum Gasteiger partial charge on any atom is 0.407 e. The number of hydrogen-bond acceptors (Lipinski definition) is 8. The first-order chi connectivity index (χ1) is 22.5. The lowest BCUT2D eigenvalue weighted by molar-refractivity contribution is -0.130. The number of H-pyrrole nitrogens is 1. The quantitative estimate of drug-likeness (QED) is 0.172. The SMILES string of the molecule is CC(C)(C)OC(=O)NCC1CCC(C(=O)NC(Cc2ccc(-c3ccncc3Cl)cc2)C(=O)Nc2ccc(-c3nn[nH]n3)cc2)CC1. The third-order valence-corrected chi connectivity index (χ3v) is 8.32. The van der Waals surface area contributed by atoms with Crippen LogP contribution in [0.1, 0.15) is 52.0 Å². The van der Waals surface area contributed by atoms with E-state index < -0.39 is 17.7 Å². The molecule has 1 aliphatic rings. The number of hydrogen-bond donors (Lipinski definition) is 4. The summed E-state index contributed by atoms with van der Waals surface area (Å²) in [6.45, 7) is 5.98. The number of alkyl carbamates (subject to hydrolysis) is 1. The highest BCUT2D eigenvalue weighted by molar-refractivity contribution is 6.33. The van der Waals surface area contributed by atoms with Gasteiger partial charge in [0.15, 0.2) is 0 Å². The highest BCUT2D eigenvalue weighted by atomic mass is 35.5. The van der Waals surface area contributed by atoms with Gasteiger partial charge in [0.2, 0.25) is 17.6 Å². The van der Waals surface area contributed by atoms with Crippen LogP contribution in [0.4, 0.5) is 10.5 Å². The molecule has 5 rings (SSSR count). The molecule has 13 heteroatoms. The third-order valence-electron chi connectivity index (χ3n) is 8.02. The number of aromatic amines is 1. The molecule has 2 heterocycles. The largest absolute Gasteiger partial charge is 0.444 e. The number of carbonyl (C=O) groups excluding carboxylic acids is 3. The van der Waals surface area contributed by atoms with E-state index in [9.17, 15) is 14.4 Å². The summed E-state index contributed by atoms with van der Waals surface area (Å²) >= 11 is 6.34. The summed E-state index contributed by atoms with van der Waals surface area (Å²) < 4.78 is 5.33. The van der Waals surface area contributed by atoms with E-state index >= 15 is 0 Å². The Morgan fingerprint density at radius 1 is 0.979 bits per heavy atom. The number of benzene rings is 2. The molecule has 246 valence electrons. The van der Waals surface area contributed by atoms with E-state index in [0.717, 1.165) is 35.1 Å². The Morgan fingerprint density at radius 3 is 2.32 bits per heavy atom. The molecule has 3 amide bonds. The van der Waals surface area contributed by atoms with Crippen molar-refractivity contribution in [2.24, 2.45) is 11.8 Å². The van der Waals surface area contributed by atoms with Gasteiger partial charge in [-0.1, -0.05) is 35.9 Å². The van der Waals surface area contributed by atoms with Crippen LogP contribution in [-0.4, -0.2) is 61.7 Å². The van der Waals surface area contributed by atoms with Gasteiger partial charge in [0.25, 0.3) is 0 Å². The second-order valence-corrected chi connectivity index (χ2v) is 13.1. The topological polar surface area (TPSA) is 164 Å². The van der Waals surface area contributed by atoms with Gasteiger partial charge in [-0.05, 0) is 99.0 Å². The number of amides is 3. The molecule has 4 N–H and O–H groups in total. The monoisotopic (exact) mass is 658 g/mol. The number of nitrogens with one attached hydrogen (secondary N) is 4. The Balaban J connectivity index is 1.23. The van der Waals surface area contributed by atoms with E-state index in [1.807, 2.05) is 51.1 Å². The van der Waals surface area contributed by atoms with Crippen LogP contribution >= 0.6 is 11.6 Å². The Labute approximate surface area is 278 Å². The summed E-state index contributed by atoms with van der Waals surface area (Å²) in [6, 6.07) is 15.8. The number of pyridine rings is 1. The van der Waals surface area contributed by atoms with Gasteiger partial charge in [-0.2, -0.15) is 5.21 Å². The number of anilines is 1. The molecule has 0 spiro atoms. The number of tetrazole rings is 1. The van der Waals surface area contributed by atoms with Crippen molar-refractivity contribution in [1.29, 1.82) is 0 Å². The van der Waals surface area contributed by atoms with Crippen LogP contribution in [0.2, 0.25) is 5.02 Å². The normalized spacial score (nSPS) is 16.9. The highest BCUT2D eigenvalue weighted by Crippen LogP contribution is 2.30. The average Bonchev–Trinajstić information content (AvgIpc) is 3.59. The van der Waals surface area contributed by atoms with Gasteiger partial charge in [-0.3, -0.25) is 14.6 Å². The molecule has 2 aromatic heterocycles. The first-order valence-electron chi connectivity index (χ1n) is 15.6. The van der Waals surface area contributed by atoms with E-state index in [1.54, 1.807) is 36.7 Å². The van der Waals surface area contributed by atoms with Crippen molar-refractivity contribution >= 4 is 35.2 Å². The summed E-state index contributed by atoms with van der Waals surface area (Å²) in [5.41, 5.74) is 3.41. The maximum atomic E-state index is 13.6. The fraction of sp³-hybridized carbons (Fsp3) is 0.382. The van der Waals surface area contributed by atoms with Crippen LogP contribution < -0.4 is 16.0 Å². The zero-order chi connectivity index (χ0) is 33.4. The Kier molecular flexibility index (Phi) is 10.8. The van der Waals surface area contributed by atoms with E-state index in [4.69, 9.17) is 16.3 Å². The minimum atomic E-state index is -0.818. The van der Waals surface area contributed by atoms with E-state index in [0.29, 0.717) is 35.9 Å². The van der Waals surface area contributed by atoms with Crippen molar-refractivity contribution in [2.75, 3.05) is 11.9 Å². The molecule has 47 heavy (non-hydrogen) atoms. The van der Waals surface area contributed by atoms with Gasteiger partial charge in [0, 0.05) is 48.1 Å². The zero-order valence-electron chi connectivity index (χ0n) is 26.6. The predicted molar refractivity (Wildman–Crippen MR) is 178 cm³/mol. The van der Waals surface area contributed by atoms with Crippen molar-refractivity contribution in [3.63, 3.8) is 0 Å². The lowest BCUT2D eigenvalue weighted by Gasteiger charge is -2.29. The number of carbonyl (C=O) groups is 3. The molecule has 4 aromatic rings. The molecule has 0 radical (unpaired) electrons. The third kappa shape index (κ3) is 9.58. The van der Waals surface area contributed by atoms with Crippen LogP contribution in [0.25, 0.3) is 22.5 Å². The Bertz CT molecular complexity index is 1650. The van der Waals surface area contributed by atoms with E-state index in [-0.39, 0.29) is 30.1 Å². The van der Waals surface area contributed by atoms with Crippen molar-refractivity contribution in [3.05, 3.63) is 77.6 Å². The summed E-state index contributed by atoms with van der Waals surface area (Å²) in [4.78, 5) is 43.3. The zero-order valence-corrected chi connectivity index (χ0v) is 27.4. The lowest BCUT2D eigenvalue weighted by Crippen LogP contribution is -2.48. The maximum absolute atomic E-state index is 13.6. The lowest BCUT2D eigenvalue weighted by atomic mass is 9.81. The first-order valence-corrected chi connectivity index (χ1v) is 16.0. The highest BCUT2D eigenvalue weighted by Gasteiger charge is 2.30. The van der Waals surface area contributed by atoms with Gasteiger partial charge in [0.05, 0.1) is 5.02 Å². The van der Waals surface area contributed by atoms with E-state index in [1.165, 1.54) is 0 Å². The molecule has 12 nitrogen and oxygen atoms in total. The minimum Gasteiger partial charge on any atom is -0.444 e. The van der Waals surface area contributed by atoms with Crippen LogP contribution in [0.3, 0.4) is 0 Å². The number of rotatable bonds is 10. The molecule has 0 saturated heterocycles.